The van der Waals surface area contributed by atoms with Crippen LogP contribution in [-0.4, -0.2) is 63.0 Å². The second-order valence-corrected chi connectivity index (χ2v) is 7.75. The van der Waals surface area contributed by atoms with E-state index in [2.05, 4.69) is 14.8 Å². The summed E-state index contributed by atoms with van der Waals surface area (Å²) in [6.45, 7) is 5.32. The maximum absolute atomic E-state index is 11.6. The second-order valence-electron chi connectivity index (χ2n) is 7.75. The number of nitrogens with two attached hydrogens (primary N) is 1. The van der Waals surface area contributed by atoms with E-state index in [1.54, 1.807) is 16.7 Å². The maximum atomic E-state index is 11.6. The number of hydrogen-bond donors (Lipinski definition) is 2. The molecule has 2 aromatic rings. The summed E-state index contributed by atoms with van der Waals surface area (Å²) in [7, 11) is 1.30. The fourth-order valence-corrected chi connectivity index (χ4v) is 4.23. The number of rotatable bonds is 4. The molecule has 0 bridgehead atoms. The number of carbonyl (C=O) groups is 1. The lowest BCUT2D eigenvalue weighted by Crippen LogP contribution is -2.40. The summed E-state index contributed by atoms with van der Waals surface area (Å²) in [5, 5.41) is 14.1. The van der Waals surface area contributed by atoms with Crippen LogP contribution < -0.4 is 5.73 Å². The third-order valence-corrected chi connectivity index (χ3v) is 5.30. The number of esters is 1. The van der Waals surface area contributed by atoms with Gasteiger partial charge in [-0.25, -0.2) is 14.3 Å². The highest BCUT2D eigenvalue weighted by molar-refractivity contribution is 5.90. The summed E-state index contributed by atoms with van der Waals surface area (Å²) in [4.78, 5) is 15.6. The molecule has 2 aromatic heterocycles. The lowest BCUT2D eigenvalue weighted by Gasteiger charge is -2.29. The van der Waals surface area contributed by atoms with E-state index in [-0.39, 0.29) is 12.4 Å². The summed E-state index contributed by atoms with van der Waals surface area (Å²) in [5.41, 5.74) is 7.01. The molecule has 0 amide bonds. The van der Waals surface area contributed by atoms with Gasteiger partial charge in [-0.1, -0.05) is 0 Å². The monoisotopic (exact) mass is 404 g/mol. The molecule has 2 saturated heterocycles. The molecule has 1 unspecified atom stereocenters. The van der Waals surface area contributed by atoms with E-state index < -0.39 is 35.7 Å². The first-order chi connectivity index (χ1) is 13.7. The average Bonchev–Trinajstić information content (AvgIpc) is 3.24. The highest BCUT2D eigenvalue weighted by atomic mass is 16.8. The zero-order valence-electron chi connectivity index (χ0n) is 16.7. The third-order valence-electron chi connectivity index (χ3n) is 5.30. The predicted molar refractivity (Wildman–Crippen MR) is 102 cm³/mol. The van der Waals surface area contributed by atoms with Crippen molar-refractivity contribution in [3.63, 3.8) is 0 Å². The molecule has 10 nitrogen and oxygen atoms in total. The van der Waals surface area contributed by atoms with Crippen LogP contribution in [0.3, 0.4) is 0 Å². The smallest absolute Gasteiger partial charge is 0.330 e. The second kappa shape index (κ2) is 6.77. The minimum absolute atomic E-state index is 0.217. The summed E-state index contributed by atoms with van der Waals surface area (Å²) < 4.78 is 24.6. The Hall–Kier alpha value is -2.53. The van der Waals surface area contributed by atoms with Gasteiger partial charge < -0.3 is 29.8 Å². The lowest BCUT2D eigenvalue weighted by molar-refractivity contribution is -0.207. The SMILES string of the molecule is COC(=O)C=Cc1cc([C@@H]2OC(CO)[C@H]3OC(C)(C)O[C@]32C)n2ncnc(N)c12. The molecule has 0 aliphatic carbocycles. The highest BCUT2D eigenvalue weighted by Gasteiger charge is 2.64. The van der Waals surface area contributed by atoms with Crippen molar-refractivity contribution >= 4 is 23.4 Å². The van der Waals surface area contributed by atoms with E-state index in [9.17, 15) is 9.90 Å². The molecule has 0 radical (unpaired) electrons. The molecule has 0 saturated carbocycles. The number of carbonyl (C=O) groups excluding carboxylic acids is 1. The molecule has 156 valence electrons. The van der Waals surface area contributed by atoms with Crippen LogP contribution in [0.4, 0.5) is 5.82 Å². The number of aliphatic hydroxyl groups excluding tert-OH is 1. The minimum Gasteiger partial charge on any atom is -0.466 e. The largest absolute Gasteiger partial charge is 0.466 e. The zero-order chi connectivity index (χ0) is 21.0. The molecule has 2 aliphatic rings. The topological polar surface area (TPSA) is 130 Å². The van der Waals surface area contributed by atoms with Crippen molar-refractivity contribution in [2.75, 3.05) is 19.5 Å². The lowest BCUT2D eigenvalue weighted by atomic mass is 9.91. The van der Waals surface area contributed by atoms with Gasteiger partial charge in [-0.2, -0.15) is 5.10 Å². The van der Waals surface area contributed by atoms with Crippen LogP contribution in [0.25, 0.3) is 11.6 Å². The Labute approximate surface area is 167 Å². The van der Waals surface area contributed by atoms with E-state index in [0.717, 1.165) is 0 Å². The molecule has 2 aliphatic heterocycles. The standard InChI is InChI=1S/C19H24N4O6/c1-18(2)28-16-12(8-24)27-15(19(16,3)29-18)11-7-10(5-6-13(25)26-4)14-17(20)21-9-22-23(11)14/h5-7,9,12,15-16,24H,8H2,1-4H3,(H2,20,21,22)/t12?,15-,16+,19-/m0/s1. The Balaban J connectivity index is 1.85. The molecule has 3 N–H and O–H groups in total. The summed E-state index contributed by atoms with van der Waals surface area (Å²) in [6, 6.07) is 1.81. The third kappa shape index (κ3) is 3.08. The average molecular weight is 404 g/mol. The van der Waals surface area contributed by atoms with E-state index in [4.69, 9.17) is 19.9 Å². The van der Waals surface area contributed by atoms with Gasteiger partial charge in [0, 0.05) is 11.6 Å². The minimum atomic E-state index is -0.867. The van der Waals surface area contributed by atoms with Gasteiger partial charge in [0.05, 0.1) is 19.4 Å². The number of fused-ring (bicyclic) bond motifs is 2. The first kappa shape index (κ1) is 19.8. The molecule has 0 aromatic carbocycles. The normalized spacial score (nSPS) is 30.9. The predicted octanol–water partition coefficient (Wildman–Crippen LogP) is 0.840. The number of methoxy groups -OCH3 is 1. The number of anilines is 1. The molecule has 2 fully saturated rings. The number of hydrogen-bond acceptors (Lipinski definition) is 9. The molecule has 4 heterocycles. The molecule has 0 spiro atoms. The number of nitrogens with zero attached hydrogens (tertiary/aromatic N) is 3. The van der Waals surface area contributed by atoms with Gasteiger partial charge in [0.25, 0.3) is 0 Å². The van der Waals surface area contributed by atoms with Crippen LogP contribution in [-0.2, 0) is 23.7 Å². The van der Waals surface area contributed by atoms with E-state index in [1.165, 1.54) is 19.5 Å². The van der Waals surface area contributed by atoms with Crippen molar-refractivity contribution in [3.05, 3.63) is 29.7 Å². The van der Waals surface area contributed by atoms with E-state index >= 15 is 0 Å². The number of aliphatic hydroxyl groups is 1. The fraction of sp³-hybridized carbons (Fsp3) is 0.526. The van der Waals surface area contributed by atoms with Crippen LogP contribution in [0.15, 0.2) is 18.5 Å². The highest BCUT2D eigenvalue weighted by Crippen LogP contribution is 2.53. The van der Waals surface area contributed by atoms with Crippen LogP contribution in [0.5, 0.6) is 0 Å². The molecule has 4 atom stereocenters. The molecular formula is C19H24N4O6. The van der Waals surface area contributed by atoms with Crippen molar-refractivity contribution in [2.24, 2.45) is 0 Å². The molecule has 29 heavy (non-hydrogen) atoms. The quantitative estimate of drug-likeness (QED) is 0.562. The molecular weight excluding hydrogens is 380 g/mol. The Kier molecular flexibility index (Phi) is 4.61. The van der Waals surface area contributed by atoms with Crippen molar-refractivity contribution in [2.45, 2.75) is 50.5 Å². The van der Waals surface area contributed by atoms with Crippen LogP contribution in [0, 0.1) is 0 Å². The Morgan fingerprint density at radius 1 is 1.45 bits per heavy atom. The van der Waals surface area contributed by atoms with Gasteiger partial charge in [0.1, 0.15) is 35.8 Å². The van der Waals surface area contributed by atoms with Crippen molar-refractivity contribution in [1.29, 1.82) is 0 Å². The number of aromatic nitrogens is 3. The van der Waals surface area contributed by atoms with Gasteiger partial charge in [0.15, 0.2) is 11.6 Å². The van der Waals surface area contributed by atoms with Gasteiger partial charge in [-0.15, -0.1) is 0 Å². The Morgan fingerprint density at radius 3 is 2.90 bits per heavy atom. The fourth-order valence-electron chi connectivity index (χ4n) is 4.23. The maximum Gasteiger partial charge on any atom is 0.330 e. The summed E-state index contributed by atoms with van der Waals surface area (Å²) >= 11 is 0. The van der Waals surface area contributed by atoms with Crippen molar-refractivity contribution in [1.82, 2.24) is 14.6 Å². The molecule has 4 rings (SSSR count). The van der Waals surface area contributed by atoms with Gasteiger partial charge >= 0.3 is 5.97 Å². The van der Waals surface area contributed by atoms with Crippen molar-refractivity contribution in [3.8, 4) is 0 Å². The van der Waals surface area contributed by atoms with E-state index in [0.29, 0.717) is 16.8 Å². The zero-order valence-corrected chi connectivity index (χ0v) is 16.7. The van der Waals surface area contributed by atoms with Crippen LogP contribution in [0.1, 0.15) is 38.1 Å². The Bertz CT molecular complexity index is 986. The molecule has 10 heteroatoms. The number of nitrogen functional groups attached to an aromatic ring is 1. The number of ether oxygens (including phenoxy) is 4. The van der Waals surface area contributed by atoms with Crippen molar-refractivity contribution < 1.29 is 28.8 Å². The van der Waals surface area contributed by atoms with Crippen LogP contribution in [0.2, 0.25) is 0 Å². The van der Waals surface area contributed by atoms with Gasteiger partial charge in [-0.05, 0) is 32.9 Å². The summed E-state index contributed by atoms with van der Waals surface area (Å²) in [6.07, 6.45) is 2.58. The first-order valence-corrected chi connectivity index (χ1v) is 9.22. The first-order valence-electron chi connectivity index (χ1n) is 9.22. The Morgan fingerprint density at radius 2 is 2.21 bits per heavy atom. The van der Waals surface area contributed by atoms with Crippen LogP contribution >= 0.6 is 0 Å². The van der Waals surface area contributed by atoms with Gasteiger partial charge in [0.2, 0.25) is 0 Å². The van der Waals surface area contributed by atoms with E-state index in [1.807, 2.05) is 20.8 Å². The van der Waals surface area contributed by atoms with Gasteiger partial charge in [-0.3, -0.25) is 0 Å². The summed E-state index contributed by atoms with van der Waals surface area (Å²) in [5.74, 6) is -1.08.